The molecule has 4 heteroatoms. The van der Waals surface area contributed by atoms with Gasteiger partial charge in [0.2, 0.25) is 0 Å². The highest BCUT2D eigenvalue weighted by molar-refractivity contribution is 7.71. The Labute approximate surface area is 129 Å². The smallest absolute Gasteiger partial charge is 0.178 e. The van der Waals surface area contributed by atoms with Crippen LogP contribution in [0.15, 0.2) is 42.5 Å². The summed E-state index contributed by atoms with van der Waals surface area (Å²) in [7, 11) is 1.69. The van der Waals surface area contributed by atoms with Crippen LogP contribution >= 0.6 is 12.2 Å². The van der Waals surface area contributed by atoms with Crippen LogP contribution in [0.1, 0.15) is 11.1 Å². The number of ether oxygens (including phenoxy) is 1. The van der Waals surface area contributed by atoms with E-state index < -0.39 is 0 Å². The van der Waals surface area contributed by atoms with E-state index in [1.165, 1.54) is 16.6 Å². The lowest BCUT2D eigenvalue weighted by atomic mass is 10.1. The molecule has 1 N–H and O–H groups in total. The minimum Gasteiger partial charge on any atom is -0.497 e. The quantitative estimate of drug-likeness (QED) is 0.729. The van der Waals surface area contributed by atoms with Crippen LogP contribution in [0.25, 0.3) is 11.0 Å². The largest absolute Gasteiger partial charge is 0.497 e. The lowest BCUT2D eigenvalue weighted by Gasteiger charge is -2.07. The second-order valence-electron chi connectivity index (χ2n) is 5.20. The number of hydrogen-bond acceptors (Lipinski definition) is 2. The number of benzene rings is 2. The molecule has 0 spiro atoms. The van der Waals surface area contributed by atoms with Crippen molar-refractivity contribution in [2.24, 2.45) is 0 Å². The van der Waals surface area contributed by atoms with Crippen molar-refractivity contribution in [1.82, 2.24) is 9.55 Å². The van der Waals surface area contributed by atoms with E-state index in [4.69, 9.17) is 17.0 Å². The van der Waals surface area contributed by atoms with Crippen molar-refractivity contribution < 1.29 is 4.74 Å². The zero-order chi connectivity index (χ0) is 14.8. The standard InChI is InChI=1S/C17H18N2OS/c1-12-6-7-15-16(10-12)19(17(21)18-15)9-8-13-4-3-5-14(11-13)20-2/h3-7,10-11H,8-9H2,1-2H3,(H,18,21). The van der Waals surface area contributed by atoms with E-state index in [2.05, 4.69) is 46.8 Å². The van der Waals surface area contributed by atoms with Gasteiger partial charge in [0, 0.05) is 6.54 Å². The molecule has 0 aliphatic carbocycles. The number of imidazole rings is 1. The Kier molecular flexibility index (Phi) is 3.80. The summed E-state index contributed by atoms with van der Waals surface area (Å²) in [6.07, 6.45) is 0.923. The predicted molar refractivity (Wildman–Crippen MR) is 88.6 cm³/mol. The monoisotopic (exact) mass is 298 g/mol. The molecule has 0 aliphatic heterocycles. The summed E-state index contributed by atoms with van der Waals surface area (Å²) in [5.74, 6) is 0.894. The lowest BCUT2D eigenvalue weighted by Crippen LogP contribution is -2.01. The molecule has 3 aromatic rings. The number of aromatic nitrogens is 2. The van der Waals surface area contributed by atoms with Crippen molar-refractivity contribution >= 4 is 23.3 Å². The molecular weight excluding hydrogens is 280 g/mol. The van der Waals surface area contributed by atoms with Gasteiger partial charge in [0.05, 0.1) is 18.1 Å². The van der Waals surface area contributed by atoms with E-state index >= 15 is 0 Å². The number of fused-ring (bicyclic) bond motifs is 1. The van der Waals surface area contributed by atoms with Crippen molar-refractivity contribution in [3.63, 3.8) is 0 Å². The maximum Gasteiger partial charge on any atom is 0.178 e. The first-order valence-corrected chi connectivity index (χ1v) is 7.40. The van der Waals surface area contributed by atoms with Gasteiger partial charge in [0.1, 0.15) is 5.75 Å². The molecule has 2 aromatic carbocycles. The van der Waals surface area contributed by atoms with Crippen molar-refractivity contribution in [3.05, 3.63) is 58.4 Å². The van der Waals surface area contributed by atoms with E-state index in [9.17, 15) is 0 Å². The van der Waals surface area contributed by atoms with Crippen LogP contribution in [0.3, 0.4) is 0 Å². The summed E-state index contributed by atoms with van der Waals surface area (Å²) in [5.41, 5.74) is 4.75. The second kappa shape index (κ2) is 5.74. The highest BCUT2D eigenvalue weighted by atomic mass is 32.1. The SMILES string of the molecule is COc1cccc(CCn2c(=S)[nH]c3ccc(C)cc32)c1. The second-order valence-corrected chi connectivity index (χ2v) is 5.59. The normalized spacial score (nSPS) is 11.0. The van der Waals surface area contributed by atoms with Gasteiger partial charge in [-0.15, -0.1) is 0 Å². The summed E-state index contributed by atoms with van der Waals surface area (Å²) >= 11 is 5.44. The zero-order valence-corrected chi connectivity index (χ0v) is 13.0. The van der Waals surface area contributed by atoms with E-state index in [1.807, 2.05) is 12.1 Å². The molecule has 1 aromatic heterocycles. The Morgan fingerprint density at radius 1 is 1.19 bits per heavy atom. The Hall–Kier alpha value is -2.07. The topological polar surface area (TPSA) is 29.9 Å². The highest BCUT2D eigenvalue weighted by Crippen LogP contribution is 2.18. The average molecular weight is 298 g/mol. The number of nitrogens with zero attached hydrogens (tertiary/aromatic N) is 1. The van der Waals surface area contributed by atoms with Gasteiger partial charge in [0.25, 0.3) is 0 Å². The van der Waals surface area contributed by atoms with Crippen LogP contribution in [0.4, 0.5) is 0 Å². The first kappa shape index (κ1) is 13.9. The third-order valence-electron chi connectivity index (χ3n) is 3.69. The van der Waals surface area contributed by atoms with E-state index in [1.54, 1.807) is 7.11 Å². The van der Waals surface area contributed by atoms with Gasteiger partial charge in [-0.05, 0) is 61.0 Å². The van der Waals surface area contributed by atoms with Gasteiger partial charge in [-0.2, -0.15) is 0 Å². The number of aromatic amines is 1. The summed E-state index contributed by atoms with van der Waals surface area (Å²) in [5, 5.41) is 0. The van der Waals surface area contributed by atoms with Crippen LogP contribution in [0.5, 0.6) is 5.75 Å². The Balaban J connectivity index is 1.89. The molecule has 0 saturated heterocycles. The van der Waals surface area contributed by atoms with Crippen molar-refractivity contribution in [2.75, 3.05) is 7.11 Å². The van der Waals surface area contributed by atoms with Gasteiger partial charge in [-0.1, -0.05) is 18.2 Å². The Morgan fingerprint density at radius 3 is 2.86 bits per heavy atom. The van der Waals surface area contributed by atoms with Crippen molar-refractivity contribution in [3.8, 4) is 5.75 Å². The van der Waals surface area contributed by atoms with Gasteiger partial charge >= 0.3 is 0 Å². The minimum absolute atomic E-state index is 0.776. The number of methoxy groups -OCH3 is 1. The average Bonchev–Trinajstić information content (AvgIpc) is 2.80. The number of H-pyrrole nitrogens is 1. The first-order valence-electron chi connectivity index (χ1n) is 6.99. The van der Waals surface area contributed by atoms with E-state index in [0.29, 0.717) is 0 Å². The fraction of sp³-hybridized carbons (Fsp3) is 0.235. The van der Waals surface area contributed by atoms with Gasteiger partial charge in [0.15, 0.2) is 4.77 Å². The summed E-state index contributed by atoms with van der Waals surface area (Å²) < 4.78 is 8.21. The molecule has 0 atom stereocenters. The summed E-state index contributed by atoms with van der Waals surface area (Å²) in [4.78, 5) is 3.27. The van der Waals surface area contributed by atoms with E-state index in [-0.39, 0.29) is 0 Å². The molecule has 1 heterocycles. The highest BCUT2D eigenvalue weighted by Gasteiger charge is 2.05. The number of nitrogens with one attached hydrogen (secondary N) is 1. The molecule has 108 valence electrons. The maximum absolute atomic E-state index is 5.44. The fourth-order valence-electron chi connectivity index (χ4n) is 2.55. The summed E-state index contributed by atoms with van der Waals surface area (Å²) in [6, 6.07) is 14.5. The number of rotatable bonds is 4. The molecule has 0 unspecified atom stereocenters. The maximum atomic E-state index is 5.44. The molecule has 3 rings (SSSR count). The van der Waals surface area contributed by atoms with Crippen LogP contribution in [0, 0.1) is 11.7 Å². The zero-order valence-electron chi connectivity index (χ0n) is 12.2. The Morgan fingerprint density at radius 2 is 2.05 bits per heavy atom. The van der Waals surface area contributed by atoms with Crippen molar-refractivity contribution in [2.45, 2.75) is 19.9 Å². The molecule has 3 nitrogen and oxygen atoms in total. The summed E-state index contributed by atoms with van der Waals surface area (Å²) in [6.45, 7) is 2.96. The third-order valence-corrected chi connectivity index (χ3v) is 4.01. The molecule has 0 bridgehead atoms. The molecule has 0 radical (unpaired) electrons. The molecular formula is C17H18N2OS. The van der Waals surface area contributed by atoms with Crippen LogP contribution < -0.4 is 4.74 Å². The number of aryl methyl sites for hydroxylation is 3. The van der Waals surface area contributed by atoms with Gasteiger partial charge < -0.3 is 14.3 Å². The Bertz CT molecular complexity index is 832. The molecule has 0 aliphatic rings. The van der Waals surface area contributed by atoms with E-state index in [0.717, 1.165) is 29.0 Å². The predicted octanol–water partition coefficient (Wildman–Crippen LogP) is 4.26. The minimum atomic E-state index is 0.776. The van der Waals surface area contributed by atoms with Gasteiger partial charge in [-0.25, -0.2) is 0 Å². The fourth-order valence-corrected chi connectivity index (χ4v) is 2.85. The lowest BCUT2D eigenvalue weighted by molar-refractivity contribution is 0.414. The molecule has 0 amide bonds. The van der Waals surface area contributed by atoms with Crippen molar-refractivity contribution in [1.29, 1.82) is 0 Å². The third kappa shape index (κ3) is 2.85. The number of hydrogen-bond donors (Lipinski definition) is 1. The first-order chi connectivity index (χ1) is 10.2. The van der Waals surface area contributed by atoms with Gasteiger partial charge in [-0.3, -0.25) is 0 Å². The molecule has 21 heavy (non-hydrogen) atoms. The van der Waals surface area contributed by atoms with Crippen LogP contribution in [-0.2, 0) is 13.0 Å². The van der Waals surface area contributed by atoms with Crippen LogP contribution in [0.2, 0.25) is 0 Å². The van der Waals surface area contributed by atoms with Crippen LogP contribution in [-0.4, -0.2) is 16.7 Å². The molecule has 0 fully saturated rings. The molecule has 0 saturated carbocycles.